The van der Waals surface area contributed by atoms with Crippen LogP contribution in [0.3, 0.4) is 0 Å². The number of rotatable bonds is 7. The van der Waals surface area contributed by atoms with E-state index in [4.69, 9.17) is 9.47 Å². The summed E-state index contributed by atoms with van der Waals surface area (Å²) >= 11 is 0. The minimum absolute atomic E-state index is 0.0168. The zero-order valence-corrected chi connectivity index (χ0v) is 17.5. The molecule has 156 valence electrons. The van der Waals surface area contributed by atoms with Crippen LogP contribution >= 0.6 is 0 Å². The van der Waals surface area contributed by atoms with Crippen LogP contribution in [0.2, 0.25) is 0 Å². The molecule has 0 radical (unpaired) electrons. The van der Waals surface area contributed by atoms with Crippen LogP contribution in [-0.4, -0.2) is 18.6 Å². The summed E-state index contributed by atoms with van der Waals surface area (Å²) in [5, 5.41) is 5.51. The normalized spacial score (nSPS) is 14.4. The van der Waals surface area contributed by atoms with E-state index in [2.05, 4.69) is 23.5 Å². The lowest BCUT2D eigenvalue weighted by Crippen LogP contribution is -2.36. The van der Waals surface area contributed by atoms with E-state index in [1.807, 2.05) is 49.4 Å². The molecule has 4 nitrogen and oxygen atoms in total. The van der Waals surface area contributed by atoms with Gasteiger partial charge < -0.3 is 14.8 Å². The largest absolute Gasteiger partial charge is 0.493 e. The van der Waals surface area contributed by atoms with Crippen LogP contribution in [0.4, 0.5) is 0 Å². The first kappa shape index (κ1) is 20.3. The van der Waals surface area contributed by atoms with Gasteiger partial charge in [0.15, 0.2) is 0 Å². The molecule has 0 atom stereocenters. The molecule has 3 aromatic carbocycles. The second-order valence-electron chi connectivity index (χ2n) is 7.86. The summed E-state index contributed by atoms with van der Waals surface area (Å²) in [6.45, 7) is 2.87. The van der Waals surface area contributed by atoms with Crippen molar-refractivity contribution < 1.29 is 14.3 Å². The van der Waals surface area contributed by atoms with Gasteiger partial charge in [-0.15, -0.1) is 0 Å². The molecular formula is C26H29NO3. The Morgan fingerprint density at radius 3 is 2.53 bits per heavy atom. The highest BCUT2D eigenvalue weighted by atomic mass is 16.5. The van der Waals surface area contributed by atoms with Gasteiger partial charge >= 0.3 is 0 Å². The van der Waals surface area contributed by atoms with Crippen molar-refractivity contribution in [1.29, 1.82) is 0 Å². The molecule has 1 aliphatic rings. The number of carbonyl (C=O) groups is 1. The number of carbonyl (C=O) groups excluding carboxylic acids is 1. The number of hydrogen-bond donors (Lipinski definition) is 1. The molecule has 0 unspecified atom stereocenters. The third-order valence-electron chi connectivity index (χ3n) is 5.68. The van der Waals surface area contributed by atoms with E-state index in [1.54, 1.807) is 0 Å². The number of fused-ring (bicyclic) bond motifs is 1. The van der Waals surface area contributed by atoms with Gasteiger partial charge in [-0.05, 0) is 60.9 Å². The van der Waals surface area contributed by atoms with Gasteiger partial charge in [-0.1, -0.05) is 49.6 Å². The Hall–Kier alpha value is -3.01. The fraction of sp³-hybridized carbons (Fsp3) is 0.346. The molecule has 0 heterocycles. The molecule has 1 N–H and O–H groups in total. The second kappa shape index (κ2) is 9.66. The third kappa shape index (κ3) is 4.93. The Kier molecular flexibility index (Phi) is 6.53. The molecule has 3 aromatic rings. The van der Waals surface area contributed by atoms with Crippen LogP contribution in [0.5, 0.6) is 11.5 Å². The van der Waals surface area contributed by atoms with Crippen molar-refractivity contribution in [2.24, 2.45) is 0 Å². The minimum Gasteiger partial charge on any atom is -0.493 e. The molecule has 0 aromatic heterocycles. The zero-order valence-electron chi connectivity index (χ0n) is 17.5. The van der Waals surface area contributed by atoms with Gasteiger partial charge in [0.2, 0.25) is 0 Å². The van der Waals surface area contributed by atoms with Crippen LogP contribution in [0.1, 0.15) is 54.9 Å². The first-order chi connectivity index (χ1) is 14.7. The molecule has 1 aliphatic carbocycles. The maximum absolute atomic E-state index is 12.8. The summed E-state index contributed by atoms with van der Waals surface area (Å²) in [4.78, 5) is 12.8. The van der Waals surface area contributed by atoms with Crippen molar-refractivity contribution in [3.05, 3.63) is 71.8 Å². The van der Waals surface area contributed by atoms with Gasteiger partial charge in [0, 0.05) is 17.2 Å². The standard InChI is InChI=1S/C26H29NO3/c1-2-29-25-15-13-21(26(28)27-23-10-4-3-5-11-23)16-22(25)18-30-24-14-12-19-8-6-7-9-20(19)17-24/h6-9,12-17,23H,2-5,10-11,18H2,1H3,(H,27,28). The summed E-state index contributed by atoms with van der Waals surface area (Å²) in [5.74, 6) is 1.54. The Morgan fingerprint density at radius 1 is 0.933 bits per heavy atom. The van der Waals surface area contributed by atoms with Gasteiger partial charge in [0.05, 0.1) is 6.61 Å². The molecule has 0 bridgehead atoms. The molecule has 1 amide bonds. The monoisotopic (exact) mass is 403 g/mol. The molecule has 4 rings (SSSR count). The average Bonchev–Trinajstić information content (AvgIpc) is 2.79. The first-order valence-corrected chi connectivity index (χ1v) is 10.9. The van der Waals surface area contributed by atoms with E-state index < -0.39 is 0 Å². The van der Waals surface area contributed by atoms with Crippen LogP contribution in [0, 0.1) is 0 Å². The summed E-state index contributed by atoms with van der Waals surface area (Å²) in [5.41, 5.74) is 1.53. The highest BCUT2D eigenvalue weighted by molar-refractivity contribution is 5.94. The lowest BCUT2D eigenvalue weighted by molar-refractivity contribution is 0.0927. The van der Waals surface area contributed by atoms with Gasteiger partial charge in [-0.25, -0.2) is 0 Å². The SMILES string of the molecule is CCOc1ccc(C(=O)NC2CCCCC2)cc1COc1ccc2ccccc2c1. The summed E-state index contributed by atoms with van der Waals surface area (Å²) < 4.78 is 11.8. The maximum Gasteiger partial charge on any atom is 0.251 e. The zero-order chi connectivity index (χ0) is 20.8. The van der Waals surface area contributed by atoms with E-state index in [9.17, 15) is 4.79 Å². The van der Waals surface area contributed by atoms with Gasteiger partial charge in [-0.3, -0.25) is 4.79 Å². The van der Waals surface area contributed by atoms with E-state index in [1.165, 1.54) is 24.6 Å². The van der Waals surface area contributed by atoms with Crippen LogP contribution < -0.4 is 14.8 Å². The summed E-state index contributed by atoms with van der Waals surface area (Å²) in [6.07, 6.45) is 5.80. The Morgan fingerprint density at radius 2 is 1.73 bits per heavy atom. The topological polar surface area (TPSA) is 47.6 Å². The van der Waals surface area contributed by atoms with Gasteiger partial charge in [0.1, 0.15) is 18.1 Å². The highest BCUT2D eigenvalue weighted by Gasteiger charge is 2.18. The predicted octanol–water partition coefficient (Wildman–Crippen LogP) is 5.88. The number of amides is 1. The lowest BCUT2D eigenvalue weighted by atomic mass is 9.95. The summed E-state index contributed by atoms with van der Waals surface area (Å²) in [6, 6.07) is 20.2. The predicted molar refractivity (Wildman–Crippen MR) is 120 cm³/mol. The van der Waals surface area contributed by atoms with Crippen molar-refractivity contribution in [3.63, 3.8) is 0 Å². The van der Waals surface area contributed by atoms with Gasteiger partial charge in [0.25, 0.3) is 5.91 Å². The number of nitrogens with one attached hydrogen (secondary N) is 1. The maximum atomic E-state index is 12.8. The van der Waals surface area contributed by atoms with Crippen molar-refractivity contribution in [3.8, 4) is 11.5 Å². The smallest absolute Gasteiger partial charge is 0.251 e. The Balaban J connectivity index is 1.49. The Bertz CT molecular complexity index is 1010. The van der Waals surface area contributed by atoms with E-state index in [-0.39, 0.29) is 11.9 Å². The molecule has 0 aliphatic heterocycles. The molecular weight excluding hydrogens is 374 g/mol. The van der Waals surface area contributed by atoms with E-state index >= 15 is 0 Å². The first-order valence-electron chi connectivity index (χ1n) is 10.9. The van der Waals surface area contributed by atoms with E-state index in [0.29, 0.717) is 18.8 Å². The van der Waals surface area contributed by atoms with Crippen molar-refractivity contribution in [1.82, 2.24) is 5.32 Å². The quantitative estimate of drug-likeness (QED) is 0.536. The molecule has 0 saturated heterocycles. The van der Waals surface area contributed by atoms with Crippen LogP contribution in [0.15, 0.2) is 60.7 Å². The fourth-order valence-corrected chi connectivity index (χ4v) is 4.06. The number of ether oxygens (including phenoxy) is 2. The van der Waals surface area contributed by atoms with Crippen molar-refractivity contribution >= 4 is 16.7 Å². The second-order valence-corrected chi connectivity index (χ2v) is 7.86. The molecule has 4 heteroatoms. The van der Waals surface area contributed by atoms with Gasteiger partial charge in [-0.2, -0.15) is 0 Å². The molecule has 0 spiro atoms. The minimum atomic E-state index is -0.0168. The Labute approximate surface area is 178 Å². The average molecular weight is 404 g/mol. The molecule has 1 saturated carbocycles. The van der Waals surface area contributed by atoms with Crippen molar-refractivity contribution in [2.45, 2.75) is 51.7 Å². The molecule has 30 heavy (non-hydrogen) atoms. The molecule has 1 fully saturated rings. The summed E-state index contributed by atoms with van der Waals surface area (Å²) in [7, 11) is 0. The third-order valence-corrected chi connectivity index (χ3v) is 5.68. The van der Waals surface area contributed by atoms with E-state index in [0.717, 1.165) is 35.3 Å². The number of benzene rings is 3. The number of hydrogen-bond acceptors (Lipinski definition) is 3. The van der Waals surface area contributed by atoms with Crippen LogP contribution in [-0.2, 0) is 6.61 Å². The fourth-order valence-electron chi connectivity index (χ4n) is 4.06. The van der Waals surface area contributed by atoms with Crippen LogP contribution in [0.25, 0.3) is 10.8 Å². The highest BCUT2D eigenvalue weighted by Crippen LogP contribution is 2.25. The van der Waals surface area contributed by atoms with Crippen molar-refractivity contribution in [2.75, 3.05) is 6.61 Å². The lowest BCUT2D eigenvalue weighted by Gasteiger charge is -2.23.